The van der Waals surface area contributed by atoms with Crippen LogP contribution in [0.2, 0.25) is 0 Å². The van der Waals surface area contributed by atoms with E-state index in [-0.39, 0.29) is 13.2 Å². The van der Waals surface area contributed by atoms with Crippen LogP contribution in [0.1, 0.15) is 52.4 Å². The highest BCUT2D eigenvalue weighted by atomic mass is 16.6. The third-order valence-electron chi connectivity index (χ3n) is 3.21. The summed E-state index contributed by atoms with van der Waals surface area (Å²) in [6.45, 7) is 8.15. The molecule has 0 aromatic heterocycles. The van der Waals surface area contributed by atoms with Crippen LogP contribution in [0.25, 0.3) is 0 Å². The molecule has 0 aliphatic carbocycles. The van der Waals surface area contributed by atoms with Crippen LogP contribution in [0.5, 0.6) is 0 Å². The molecule has 0 aliphatic heterocycles. The molecule has 0 saturated heterocycles. The van der Waals surface area contributed by atoms with Crippen LogP contribution in [0, 0.1) is 0 Å². The van der Waals surface area contributed by atoms with E-state index in [1.54, 1.807) is 0 Å². The Labute approximate surface area is 116 Å². The van der Waals surface area contributed by atoms with Gasteiger partial charge in [-0.15, -0.1) is 0 Å². The quantitative estimate of drug-likeness (QED) is 0.337. The van der Waals surface area contributed by atoms with Crippen molar-refractivity contribution in [3.05, 3.63) is 12.7 Å². The molecule has 0 bridgehead atoms. The number of aliphatic hydroxyl groups is 1. The number of esters is 1. The van der Waals surface area contributed by atoms with Crippen molar-refractivity contribution in [2.45, 2.75) is 58.0 Å². The summed E-state index contributed by atoms with van der Waals surface area (Å²) >= 11 is 0. The summed E-state index contributed by atoms with van der Waals surface area (Å²) in [6.07, 6.45) is 7.17. The fraction of sp³-hybridized carbons (Fsp3) is 0.800. The molecule has 4 nitrogen and oxygen atoms in total. The topological polar surface area (TPSA) is 55.8 Å². The molecule has 0 fully saturated rings. The molecule has 0 saturated carbocycles. The first-order chi connectivity index (χ1) is 9.14. The van der Waals surface area contributed by atoms with Crippen molar-refractivity contribution in [1.29, 1.82) is 0 Å². The van der Waals surface area contributed by atoms with E-state index in [2.05, 4.69) is 13.5 Å². The van der Waals surface area contributed by atoms with Crippen molar-refractivity contribution in [1.82, 2.24) is 0 Å². The first-order valence-corrected chi connectivity index (χ1v) is 7.18. The molecular formula is C15H28O4. The molecule has 0 amide bonds. The minimum atomic E-state index is -0.589. The Morgan fingerprint density at radius 2 is 2.05 bits per heavy atom. The van der Waals surface area contributed by atoms with Crippen molar-refractivity contribution < 1.29 is 19.4 Å². The average molecular weight is 272 g/mol. The third-order valence-corrected chi connectivity index (χ3v) is 3.21. The Kier molecular flexibility index (Phi) is 10.5. The van der Waals surface area contributed by atoms with Gasteiger partial charge in [0, 0.05) is 6.08 Å². The number of carbonyl (C=O) groups excluding carboxylic acids is 1. The Balaban J connectivity index is 4.45. The van der Waals surface area contributed by atoms with Gasteiger partial charge in [-0.3, -0.25) is 0 Å². The van der Waals surface area contributed by atoms with Gasteiger partial charge >= 0.3 is 5.97 Å². The summed E-state index contributed by atoms with van der Waals surface area (Å²) in [6, 6.07) is 0. The summed E-state index contributed by atoms with van der Waals surface area (Å²) in [7, 11) is 0. The first kappa shape index (κ1) is 18.1. The molecular weight excluding hydrogens is 244 g/mol. The maximum absolute atomic E-state index is 11.5. The van der Waals surface area contributed by atoms with Gasteiger partial charge in [0.25, 0.3) is 0 Å². The molecule has 0 aromatic rings. The molecule has 0 rings (SSSR count). The van der Waals surface area contributed by atoms with E-state index in [1.165, 1.54) is 18.9 Å². The Morgan fingerprint density at radius 1 is 1.32 bits per heavy atom. The van der Waals surface area contributed by atoms with Crippen LogP contribution in [0.3, 0.4) is 0 Å². The molecule has 4 heteroatoms. The second kappa shape index (κ2) is 11.0. The summed E-state index contributed by atoms with van der Waals surface area (Å²) in [5.74, 6) is -0.412. The van der Waals surface area contributed by atoms with E-state index in [4.69, 9.17) is 14.6 Å². The monoisotopic (exact) mass is 272 g/mol. The lowest BCUT2D eigenvalue weighted by molar-refractivity contribution is -0.163. The highest BCUT2D eigenvalue weighted by Crippen LogP contribution is 2.25. The second-order valence-corrected chi connectivity index (χ2v) is 4.75. The SMILES string of the molecule is C=CC(=O)OC(CC)(CCCCCC)COCCO. The predicted octanol–water partition coefficient (Wildman–Crippen LogP) is 2.84. The van der Waals surface area contributed by atoms with Crippen molar-refractivity contribution in [3.8, 4) is 0 Å². The van der Waals surface area contributed by atoms with E-state index in [0.29, 0.717) is 13.0 Å². The molecule has 0 heterocycles. The maximum Gasteiger partial charge on any atom is 0.330 e. The molecule has 0 radical (unpaired) electrons. The van der Waals surface area contributed by atoms with Crippen molar-refractivity contribution in [2.75, 3.05) is 19.8 Å². The summed E-state index contributed by atoms with van der Waals surface area (Å²) in [5.41, 5.74) is -0.589. The molecule has 0 aliphatic rings. The van der Waals surface area contributed by atoms with Gasteiger partial charge < -0.3 is 14.6 Å². The molecule has 0 spiro atoms. The fourth-order valence-electron chi connectivity index (χ4n) is 1.96. The molecule has 112 valence electrons. The van der Waals surface area contributed by atoms with Crippen molar-refractivity contribution >= 4 is 5.97 Å². The van der Waals surface area contributed by atoms with Gasteiger partial charge in [-0.05, 0) is 19.3 Å². The van der Waals surface area contributed by atoms with Gasteiger partial charge in [0.15, 0.2) is 0 Å². The number of hydrogen-bond donors (Lipinski definition) is 1. The Hall–Kier alpha value is -0.870. The standard InChI is InChI=1S/C15H28O4/c1-4-7-8-9-10-15(6-3,13-18-12-11-16)19-14(17)5-2/h5,16H,2,4,6-13H2,1,3H3. The lowest BCUT2D eigenvalue weighted by atomic mass is 9.93. The Bertz CT molecular complexity index is 253. The first-order valence-electron chi connectivity index (χ1n) is 7.18. The van der Waals surface area contributed by atoms with Crippen molar-refractivity contribution in [2.24, 2.45) is 0 Å². The summed E-state index contributed by atoms with van der Waals surface area (Å²) in [5, 5.41) is 8.76. The van der Waals surface area contributed by atoms with Crippen LogP contribution in [0.4, 0.5) is 0 Å². The van der Waals surface area contributed by atoms with Gasteiger partial charge in [-0.2, -0.15) is 0 Å². The second-order valence-electron chi connectivity index (χ2n) is 4.75. The number of unbranched alkanes of at least 4 members (excludes halogenated alkanes) is 3. The van der Waals surface area contributed by atoms with E-state index in [1.807, 2.05) is 6.92 Å². The molecule has 0 aromatic carbocycles. The zero-order valence-corrected chi connectivity index (χ0v) is 12.3. The highest BCUT2D eigenvalue weighted by molar-refractivity contribution is 5.81. The third kappa shape index (κ3) is 8.01. The summed E-state index contributed by atoms with van der Waals surface area (Å²) < 4.78 is 10.9. The van der Waals surface area contributed by atoms with Gasteiger partial charge in [-0.25, -0.2) is 4.79 Å². The van der Waals surface area contributed by atoms with Gasteiger partial charge in [0.2, 0.25) is 0 Å². The van der Waals surface area contributed by atoms with E-state index >= 15 is 0 Å². The maximum atomic E-state index is 11.5. The highest BCUT2D eigenvalue weighted by Gasteiger charge is 2.31. The number of carbonyl (C=O) groups is 1. The smallest absolute Gasteiger partial charge is 0.330 e. The van der Waals surface area contributed by atoms with E-state index in [9.17, 15) is 4.79 Å². The minimum Gasteiger partial charge on any atom is -0.453 e. The number of ether oxygens (including phenoxy) is 2. The minimum absolute atomic E-state index is 0.0228. The Morgan fingerprint density at radius 3 is 2.58 bits per heavy atom. The van der Waals surface area contributed by atoms with E-state index < -0.39 is 11.6 Å². The van der Waals surface area contributed by atoms with E-state index in [0.717, 1.165) is 19.3 Å². The van der Waals surface area contributed by atoms with Crippen LogP contribution in [0.15, 0.2) is 12.7 Å². The van der Waals surface area contributed by atoms with Crippen LogP contribution in [-0.4, -0.2) is 36.5 Å². The van der Waals surface area contributed by atoms with Crippen LogP contribution >= 0.6 is 0 Å². The predicted molar refractivity (Wildman–Crippen MR) is 76.0 cm³/mol. The summed E-state index contributed by atoms with van der Waals surface area (Å²) in [4.78, 5) is 11.5. The molecule has 19 heavy (non-hydrogen) atoms. The average Bonchev–Trinajstić information content (AvgIpc) is 2.43. The number of rotatable bonds is 12. The zero-order chi connectivity index (χ0) is 14.6. The lowest BCUT2D eigenvalue weighted by Crippen LogP contribution is -2.39. The number of aliphatic hydroxyl groups excluding tert-OH is 1. The van der Waals surface area contributed by atoms with Gasteiger partial charge in [0.05, 0.1) is 19.8 Å². The molecule has 1 unspecified atom stereocenters. The van der Waals surface area contributed by atoms with Crippen molar-refractivity contribution in [3.63, 3.8) is 0 Å². The normalized spacial score (nSPS) is 13.8. The van der Waals surface area contributed by atoms with Gasteiger partial charge in [0.1, 0.15) is 5.60 Å². The number of hydrogen-bond acceptors (Lipinski definition) is 4. The molecule has 1 N–H and O–H groups in total. The largest absolute Gasteiger partial charge is 0.453 e. The van der Waals surface area contributed by atoms with Crippen LogP contribution < -0.4 is 0 Å². The van der Waals surface area contributed by atoms with Crippen LogP contribution in [-0.2, 0) is 14.3 Å². The lowest BCUT2D eigenvalue weighted by Gasteiger charge is -2.32. The van der Waals surface area contributed by atoms with Gasteiger partial charge in [-0.1, -0.05) is 39.7 Å². The fourth-order valence-corrected chi connectivity index (χ4v) is 1.96. The zero-order valence-electron chi connectivity index (χ0n) is 12.3. The molecule has 1 atom stereocenters.